The molecule has 0 spiro atoms. The van der Waals surface area contributed by atoms with Gasteiger partial charge in [-0.1, -0.05) is 30.8 Å². The molecule has 0 aliphatic heterocycles. The maximum atomic E-state index is 5.37. The number of hydrogen-bond acceptors (Lipinski definition) is 4. The highest BCUT2D eigenvalue weighted by Gasteiger charge is 2.20. The van der Waals surface area contributed by atoms with Gasteiger partial charge in [0.15, 0.2) is 5.82 Å². The van der Waals surface area contributed by atoms with Crippen LogP contribution in [0.25, 0.3) is 0 Å². The second-order valence-electron chi connectivity index (χ2n) is 4.59. The molecule has 0 saturated heterocycles. The molecule has 1 heterocycles. The van der Waals surface area contributed by atoms with Gasteiger partial charge in [-0.15, -0.1) is 0 Å². The maximum Gasteiger partial charge on any atom is 0.229 e. The molecule has 0 amide bonds. The predicted octanol–water partition coefficient (Wildman–Crippen LogP) is 2.27. The van der Waals surface area contributed by atoms with Gasteiger partial charge in [0.25, 0.3) is 0 Å². The van der Waals surface area contributed by atoms with Crippen LogP contribution in [0.4, 0.5) is 0 Å². The fraction of sp³-hybridized carbons (Fsp3) is 0.833. The average molecular weight is 223 g/mol. The van der Waals surface area contributed by atoms with Gasteiger partial charge in [0.2, 0.25) is 5.89 Å². The number of aromatic nitrogens is 2. The number of likely N-dealkylation sites (N-methyl/N-ethyl adjacent to an activating group) is 1. The van der Waals surface area contributed by atoms with Gasteiger partial charge in [-0.2, -0.15) is 4.98 Å². The maximum absolute atomic E-state index is 5.37. The highest BCUT2D eigenvalue weighted by molar-refractivity contribution is 4.95. The first-order valence-electron chi connectivity index (χ1n) is 6.37. The second kappa shape index (κ2) is 5.99. The number of nitrogens with zero attached hydrogens (tertiary/aromatic N) is 2. The molecule has 4 nitrogen and oxygen atoms in total. The Balaban J connectivity index is 1.94. The number of rotatable bonds is 4. The minimum Gasteiger partial charge on any atom is -0.339 e. The lowest BCUT2D eigenvalue weighted by Gasteiger charge is -2.06. The van der Waals surface area contributed by atoms with Crippen LogP contribution in [0.3, 0.4) is 0 Å². The van der Waals surface area contributed by atoms with Crippen molar-refractivity contribution in [2.45, 2.75) is 50.9 Å². The Hall–Kier alpha value is -0.900. The molecular formula is C12H21N3O. The normalized spacial score (nSPS) is 18.6. The molecule has 90 valence electrons. The standard InChI is InChI=1S/C12H21N3O/c1-13-9-8-11-14-12(16-15-11)10-6-4-2-3-5-7-10/h10,13H,2-9H2,1H3. The van der Waals surface area contributed by atoms with Crippen LogP contribution in [0.2, 0.25) is 0 Å². The van der Waals surface area contributed by atoms with E-state index >= 15 is 0 Å². The lowest BCUT2D eigenvalue weighted by atomic mass is 10.0. The van der Waals surface area contributed by atoms with E-state index < -0.39 is 0 Å². The van der Waals surface area contributed by atoms with E-state index in [2.05, 4.69) is 15.5 Å². The zero-order chi connectivity index (χ0) is 11.2. The third-order valence-corrected chi connectivity index (χ3v) is 3.29. The van der Waals surface area contributed by atoms with E-state index in [1.165, 1.54) is 38.5 Å². The van der Waals surface area contributed by atoms with Crippen LogP contribution in [0, 0.1) is 0 Å². The van der Waals surface area contributed by atoms with Crippen molar-refractivity contribution < 1.29 is 4.52 Å². The molecule has 1 N–H and O–H groups in total. The van der Waals surface area contributed by atoms with Crippen molar-refractivity contribution in [3.8, 4) is 0 Å². The summed E-state index contributed by atoms with van der Waals surface area (Å²) in [5.41, 5.74) is 0. The van der Waals surface area contributed by atoms with Crippen LogP contribution in [0.5, 0.6) is 0 Å². The van der Waals surface area contributed by atoms with Gasteiger partial charge in [-0.25, -0.2) is 0 Å². The molecule has 0 unspecified atom stereocenters. The Morgan fingerprint density at radius 3 is 2.69 bits per heavy atom. The summed E-state index contributed by atoms with van der Waals surface area (Å²) in [4.78, 5) is 4.50. The molecule has 1 saturated carbocycles. The Morgan fingerprint density at radius 1 is 1.25 bits per heavy atom. The molecule has 1 fully saturated rings. The minimum absolute atomic E-state index is 0.512. The van der Waals surface area contributed by atoms with Crippen molar-refractivity contribution in [3.05, 3.63) is 11.7 Å². The van der Waals surface area contributed by atoms with E-state index in [-0.39, 0.29) is 0 Å². The van der Waals surface area contributed by atoms with Gasteiger partial charge in [0, 0.05) is 18.9 Å². The molecule has 1 aliphatic carbocycles. The Labute approximate surface area is 96.8 Å². The molecule has 4 heteroatoms. The number of nitrogens with one attached hydrogen (secondary N) is 1. The van der Waals surface area contributed by atoms with Crippen LogP contribution >= 0.6 is 0 Å². The van der Waals surface area contributed by atoms with Gasteiger partial charge in [0.1, 0.15) is 0 Å². The van der Waals surface area contributed by atoms with E-state index in [0.717, 1.165) is 24.7 Å². The van der Waals surface area contributed by atoms with Crippen LogP contribution < -0.4 is 5.32 Å². The molecule has 1 aromatic heterocycles. The summed E-state index contributed by atoms with van der Waals surface area (Å²) in [5, 5.41) is 7.13. The molecular weight excluding hydrogens is 202 g/mol. The summed E-state index contributed by atoms with van der Waals surface area (Å²) >= 11 is 0. The monoisotopic (exact) mass is 223 g/mol. The lowest BCUT2D eigenvalue weighted by molar-refractivity contribution is 0.337. The Kier molecular flexibility index (Phi) is 4.34. The Morgan fingerprint density at radius 2 is 2.00 bits per heavy atom. The fourth-order valence-electron chi connectivity index (χ4n) is 2.30. The second-order valence-corrected chi connectivity index (χ2v) is 4.59. The van der Waals surface area contributed by atoms with Crippen LogP contribution in [0.15, 0.2) is 4.52 Å². The highest BCUT2D eigenvalue weighted by atomic mass is 16.5. The van der Waals surface area contributed by atoms with Crippen molar-refractivity contribution >= 4 is 0 Å². The summed E-state index contributed by atoms with van der Waals surface area (Å²) in [7, 11) is 1.94. The van der Waals surface area contributed by atoms with Gasteiger partial charge in [0.05, 0.1) is 0 Å². The minimum atomic E-state index is 0.512. The van der Waals surface area contributed by atoms with Crippen molar-refractivity contribution in [1.82, 2.24) is 15.5 Å². The first-order valence-corrected chi connectivity index (χ1v) is 6.37. The van der Waals surface area contributed by atoms with E-state index in [9.17, 15) is 0 Å². The SMILES string of the molecule is CNCCc1noc(C2CCCCCC2)n1. The zero-order valence-electron chi connectivity index (χ0n) is 10.0. The molecule has 1 aliphatic rings. The summed E-state index contributed by atoms with van der Waals surface area (Å²) in [6, 6.07) is 0. The van der Waals surface area contributed by atoms with Gasteiger partial charge < -0.3 is 9.84 Å². The zero-order valence-corrected chi connectivity index (χ0v) is 10.0. The first kappa shape index (κ1) is 11.6. The largest absolute Gasteiger partial charge is 0.339 e. The van der Waals surface area contributed by atoms with Crippen LogP contribution in [-0.2, 0) is 6.42 Å². The van der Waals surface area contributed by atoms with Crippen molar-refractivity contribution in [1.29, 1.82) is 0 Å². The van der Waals surface area contributed by atoms with Gasteiger partial charge in [-0.3, -0.25) is 0 Å². The molecule has 16 heavy (non-hydrogen) atoms. The smallest absolute Gasteiger partial charge is 0.229 e. The third kappa shape index (κ3) is 3.04. The molecule has 0 aromatic carbocycles. The van der Waals surface area contributed by atoms with Crippen molar-refractivity contribution in [2.75, 3.05) is 13.6 Å². The van der Waals surface area contributed by atoms with E-state index in [1.54, 1.807) is 0 Å². The molecule has 2 rings (SSSR count). The quantitative estimate of drug-likeness (QED) is 0.795. The first-order chi connectivity index (χ1) is 7.90. The van der Waals surface area contributed by atoms with Crippen LogP contribution in [0.1, 0.15) is 56.2 Å². The van der Waals surface area contributed by atoms with Gasteiger partial charge >= 0.3 is 0 Å². The summed E-state index contributed by atoms with van der Waals surface area (Å²) in [6.07, 6.45) is 8.61. The van der Waals surface area contributed by atoms with Crippen molar-refractivity contribution in [3.63, 3.8) is 0 Å². The summed E-state index contributed by atoms with van der Waals surface area (Å²) in [5.74, 6) is 2.22. The number of hydrogen-bond donors (Lipinski definition) is 1. The molecule has 1 aromatic rings. The van der Waals surface area contributed by atoms with Gasteiger partial charge in [-0.05, 0) is 19.9 Å². The predicted molar refractivity (Wildman–Crippen MR) is 62.4 cm³/mol. The van der Waals surface area contributed by atoms with E-state index in [1.807, 2.05) is 7.05 Å². The van der Waals surface area contributed by atoms with Crippen LogP contribution in [-0.4, -0.2) is 23.7 Å². The molecule has 0 atom stereocenters. The summed E-state index contributed by atoms with van der Waals surface area (Å²) < 4.78 is 5.37. The van der Waals surface area contributed by atoms with E-state index in [0.29, 0.717) is 5.92 Å². The van der Waals surface area contributed by atoms with E-state index in [4.69, 9.17) is 4.52 Å². The molecule has 0 radical (unpaired) electrons. The topological polar surface area (TPSA) is 51.0 Å². The summed E-state index contributed by atoms with van der Waals surface area (Å²) in [6.45, 7) is 0.906. The average Bonchev–Trinajstić information content (AvgIpc) is 2.60. The fourth-order valence-corrected chi connectivity index (χ4v) is 2.30. The van der Waals surface area contributed by atoms with Crippen molar-refractivity contribution in [2.24, 2.45) is 0 Å². The Bertz CT molecular complexity index is 303. The third-order valence-electron chi connectivity index (χ3n) is 3.29. The lowest BCUT2D eigenvalue weighted by Crippen LogP contribution is -2.11. The highest BCUT2D eigenvalue weighted by Crippen LogP contribution is 2.30. The molecule has 0 bridgehead atoms.